The van der Waals surface area contributed by atoms with Crippen molar-refractivity contribution in [2.24, 2.45) is 0 Å². The summed E-state index contributed by atoms with van der Waals surface area (Å²) < 4.78 is 37.8. The Balaban J connectivity index is 1.36. The molecule has 1 aliphatic carbocycles. The Kier molecular flexibility index (Phi) is 4.75. The van der Waals surface area contributed by atoms with Gasteiger partial charge in [0.1, 0.15) is 0 Å². The number of aryl methyl sites for hydroxylation is 1. The van der Waals surface area contributed by atoms with E-state index >= 15 is 0 Å². The van der Waals surface area contributed by atoms with Gasteiger partial charge in [0.15, 0.2) is 11.5 Å². The number of carbonyl (C=O) groups excluding carboxylic acids is 1. The first-order valence-electron chi connectivity index (χ1n) is 8.80. The number of benzene rings is 2. The second-order valence-electron chi connectivity index (χ2n) is 6.66. The first-order valence-corrected chi connectivity index (χ1v) is 10.3. The molecule has 7 nitrogen and oxygen atoms in total. The molecule has 1 amide bonds. The monoisotopic (exact) mass is 388 g/mol. The second kappa shape index (κ2) is 7.21. The van der Waals surface area contributed by atoms with Crippen molar-refractivity contribution in [3.8, 4) is 11.5 Å². The van der Waals surface area contributed by atoms with Crippen LogP contribution in [0.15, 0.2) is 47.4 Å². The zero-order valence-electron chi connectivity index (χ0n) is 14.6. The minimum absolute atomic E-state index is 0.0370. The van der Waals surface area contributed by atoms with Crippen LogP contribution in [-0.4, -0.2) is 27.2 Å². The highest BCUT2D eigenvalue weighted by Crippen LogP contribution is 2.32. The maximum atomic E-state index is 12.3. The number of fused-ring (bicyclic) bond motifs is 1. The first kappa shape index (κ1) is 17.8. The third kappa shape index (κ3) is 4.40. The molecule has 4 rings (SSSR count). The molecular formula is C19H20N2O5S. The van der Waals surface area contributed by atoms with Crippen LogP contribution >= 0.6 is 0 Å². The van der Waals surface area contributed by atoms with Crippen LogP contribution in [0.2, 0.25) is 0 Å². The second-order valence-corrected chi connectivity index (χ2v) is 8.37. The Bertz CT molecular complexity index is 970. The summed E-state index contributed by atoms with van der Waals surface area (Å²) in [5.74, 6) is 1.22. The van der Waals surface area contributed by atoms with Gasteiger partial charge in [0.25, 0.3) is 0 Å². The Morgan fingerprint density at radius 1 is 1.07 bits per heavy atom. The minimum Gasteiger partial charge on any atom is -0.454 e. The topological polar surface area (TPSA) is 93.7 Å². The van der Waals surface area contributed by atoms with E-state index in [1.807, 2.05) is 18.2 Å². The fraction of sp³-hybridized carbons (Fsp3) is 0.316. The van der Waals surface area contributed by atoms with Crippen LogP contribution in [0.25, 0.3) is 0 Å². The summed E-state index contributed by atoms with van der Waals surface area (Å²) in [5, 5.41) is 2.76. The van der Waals surface area contributed by atoms with E-state index in [9.17, 15) is 13.2 Å². The van der Waals surface area contributed by atoms with E-state index < -0.39 is 10.0 Å². The van der Waals surface area contributed by atoms with Crippen LogP contribution in [0, 0.1) is 0 Å². The van der Waals surface area contributed by atoms with Crippen LogP contribution in [-0.2, 0) is 21.2 Å². The molecule has 0 saturated heterocycles. The standard InChI is InChI=1S/C19H20N2O5S/c22-19(9-5-13-4-8-17-18(10-13)26-12-25-17)20-15-2-1-3-16(11-15)27(23,24)21-14-6-7-14/h1-4,8,10-11,14,21H,5-7,9,12H2,(H,20,22). The van der Waals surface area contributed by atoms with Gasteiger partial charge in [0, 0.05) is 18.2 Å². The van der Waals surface area contributed by atoms with Crippen molar-refractivity contribution in [2.75, 3.05) is 12.1 Å². The Hall–Kier alpha value is -2.58. The molecule has 0 unspecified atom stereocenters. The third-order valence-corrected chi connectivity index (χ3v) is 5.92. The Labute approximate surface area is 157 Å². The largest absolute Gasteiger partial charge is 0.454 e. The molecule has 2 N–H and O–H groups in total. The summed E-state index contributed by atoms with van der Waals surface area (Å²) in [6.45, 7) is 0.216. The van der Waals surface area contributed by atoms with E-state index in [0.29, 0.717) is 23.6 Å². The van der Waals surface area contributed by atoms with Crippen molar-refractivity contribution >= 4 is 21.6 Å². The van der Waals surface area contributed by atoms with Crippen LogP contribution < -0.4 is 19.5 Å². The predicted octanol–water partition coefficient (Wildman–Crippen LogP) is 2.43. The van der Waals surface area contributed by atoms with Gasteiger partial charge >= 0.3 is 0 Å². The summed E-state index contributed by atoms with van der Waals surface area (Å²) in [6, 6.07) is 11.9. The molecule has 2 aromatic rings. The molecule has 2 aliphatic rings. The zero-order valence-corrected chi connectivity index (χ0v) is 15.4. The van der Waals surface area contributed by atoms with Crippen LogP contribution in [0.4, 0.5) is 5.69 Å². The third-order valence-electron chi connectivity index (χ3n) is 4.40. The van der Waals surface area contributed by atoms with E-state index in [1.54, 1.807) is 12.1 Å². The number of hydrogen-bond donors (Lipinski definition) is 2. The maximum Gasteiger partial charge on any atom is 0.240 e. The molecule has 0 aromatic heterocycles. The normalized spacial score (nSPS) is 15.6. The van der Waals surface area contributed by atoms with Crippen molar-refractivity contribution in [2.45, 2.75) is 36.6 Å². The fourth-order valence-electron chi connectivity index (χ4n) is 2.81. The van der Waals surface area contributed by atoms with E-state index in [2.05, 4.69) is 10.0 Å². The first-order chi connectivity index (χ1) is 13.0. The van der Waals surface area contributed by atoms with Crippen LogP contribution in [0.5, 0.6) is 11.5 Å². The lowest BCUT2D eigenvalue weighted by Gasteiger charge is -2.09. The number of hydrogen-bond acceptors (Lipinski definition) is 5. The quantitative estimate of drug-likeness (QED) is 0.760. The lowest BCUT2D eigenvalue weighted by molar-refractivity contribution is -0.116. The molecule has 0 bridgehead atoms. The van der Waals surface area contributed by atoms with Crippen molar-refractivity contribution in [3.05, 3.63) is 48.0 Å². The number of amides is 1. The van der Waals surface area contributed by atoms with Gasteiger partial charge in [-0.3, -0.25) is 4.79 Å². The van der Waals surface area contributed by atoms with E-state index in [-0.39, 0.29) is 30.1 Å². The number of ether oxygens (including phenoxy) is 2. The Morgan fingerprint density at radius 3 is 2.70 bits per heavy atom. The number of sulfonamides is 1. The maximum absolute atomic E-state index is 12.3. The van der Waals surface area contributed by atoms with Crippen molar-refractivity contribution < 1.29 is 22.7 Å². The molecule has 8 heteroatoms. The molecule has 27 heavy (non-hydrogen) atoms. The lowest BCUT2D eigenvalue weighted by Crippen LogP contribution is -2.25. The molecule has 1 heterocycles. The van der Waals surface area contributed by atoms with Gasteiger partial charge < -0.3 is 14.8 Å². The Morgan fingerprint density at radius 2 is 1.89 bits per heavy atom. The van der Waals surface area contributed by atoms with Crippen molar-refractivity contribution in [3.63, 3.8) is 0 Å². The van der Waals surface area contributed by atoms with E-state index in [1.165, 1.54) is 12.1 Å². The van der Waals surface area contributed by atoms with Gasteiger partial charge in [-0.15, -0.1) is 0 Å². The summed E-state index contributed by atoms with van der Waals surface area (Å²) >= 11 is 0. The summed E-state index contributed by atoms with van der Waals surface area (Å²) in [4.78, 5) is 12.4. The highest BCUT2D eigenvalue weighted by Gasteiger charge is 2.28. The SMILES string of the molecule is O=C(CCc1ccc2c(c1)OCO2)Nc1cccc(S(=O)(=O)NC2CC2)c1. The molecule has 1 fully saturated rings. The van der Waals surface area contributed by atoms with Gasteiger partial charge in [0.2, 0.25) is 22.7 Å². The molecule has 1 saturated carbocycles. The molecule has 0 radical (unpaired) electrons. The summed E-state index contributed by atoms with van der Waals surface area (Å²) in [7, 11) is -3.54. The summed E-state index contributed by atoms with van der Waals surface area (Å²) in [5.41, 5.74) is 1.43. The predicted molar refractivity (Wildman–Crippen MR) is 99.3 cm³/mol. The average Bonchev–Trinajstić information content (AvgIpc) is 3.32. The van der Waals surface area contributed by atoms with E-state index in [4.69, 9.17) is 9.47 Å². The molecule has 2 aromatic carbocycles. The number of rotatable bonds is 7. The lowest BCUT2D eigenvalue weighted by atomic mass is 10.1. The van der Waals surface area contributed by atoms with Gasteiger partial charge in [0.05, 0.1) is 4.90 Å². The number of carbonyl (C=O) groups is 1. The molecule has 142 valence electrons. The van der Waals surface area contributed by atoms with Gasteiger partial charge in [-0.2, -0.15) is 0 Å². The van der Waals surface area contributed by atoms with Crippen LogP contribution in [0.3, 0.4) is 0 Å². The van der Waals surface area contributed by atoms with E-state index in [0.717, 1.165) is 18.4 Å². The summed E-state index contributed by atoms with van der Waals surface area (Å²) in [6.07, 6.45) is 2.56. The van der Waals surface area contributed by atoms with Crippen LogP contribution in [0.1, 0.15) is 24.8 Å². The smallest absolute Gasteiger partial charge is 0.240 e. The molecule has 0 spiro atoms. The minimum atomic E-state index is -3.54. The van der Waals surface area contributed by atoms with Crippen molar-refractivity contribution in [1.29, 1.82) is 0 Å². The van der Waals surface area contributed by atoms with Crippen molar-refractivity contribution in [1.82, 2.24) is 4.72 Å². The average molecular weight is 388 g/mol. The number of anilines is 1. The molecule has 0 atom stereocenters. The molecular weight excluding hydrogens is 368 g/mol. The molecule has 1 aliphatic heterocycles. The zero-order chi connectivity index (χ0) is 18.9. The fourth-order valence-corrected chi connectivity index (χ4v) is 4.16. The number of nitrogens with one attached hydrogen (secondary N) is 2. The van der Waals surface area contributed by atoms with Gasteiger partial charge in [-0.1, -0.05) is 12.1 Å². The van der Waals surface area contributed by atoms with Gasteiger partial charge in [-0.05, 0) is 55.2 Å². The highest BCUT2D eigenvalue weighted by atomic mass is 32.2. The highest BCUT2D eigenvalue weighted by molar-refractivity contribution is 7.89. The van der Waals surface area contributed by atoms with Gasteiger partial charge in [-0.25, -0.2) is 13.1 Å².